The number of carbonyl (C=O) groups excluding carboxylic acids is 1. The average molecular weight is 247 g/mol. The lowest BCUT2D eigenvalue weighted by atomic mass is 10.1. The second kappa shape index (κ2) is 5.37. The summed E-state index contributed by atoms with van der Waals surface area (Å²) < 4.78 is 5.31. The molecule has 0 aliphatic carbocycles. The van der Waals surface area contributed by atoms with Gasteiger partial charge in [0.25, 0.3) is 5.91 Å². The number of carbonyl (C=O) groups is 1. The second-order valence-electron chi connectivity index (χ2n) is 4.41. The van der Waals surface area contributed by atoms with E-state index >= 15 is 0 Å². The van der Waals surface area contributed by atoms with E-state index in [0.29, 0.717) is 12.3 Å². The fraction of sp³-hybridized carbons (Fsp3) is 0.545. The van der Waals surface area contributed by atoms with Crippen LogP contribution in [-0.4, -0.2) is 18.0 Å². The van der Waals surface area contributed by atoms with Gasteiger partial charge >= 0.3 is 0 Å². The van der Waals surface area contributed by atoms with Crippen LogP contribution in [0.4, 0.5) is 0 Å². The maximum Gasteiger partial charge on any atom is 0.287 e. The maximum absolute atomic E-state index is 11.8. The van der Waals surface area contributed by atoms with E-state index in [1.807, 2.05) is 33.8 Å². The molecule has 92 valence electrons. The van der Waals surface area contributed by atoms with Crippen LogP contribution in [-0.2, 0) is 0 Å². The standard InChI is InChI=1S/C11H18N2O2.ClH/c1-7-5-8(2)15-9(7)10(14)13-11(3,4)6-12;/h5H,6,12H2,1-4H3,(H,13,14);1H. The predicted molar refractivity (Wildman–Crippen MR) is 66.0 cm³/mol. The zero-order valence-corrected chi connectivity index (χ0v) is 10.9. The zero-order chi connectivity index (χ0) is 11.6. The quantitative estimate of drug-likeness (QED) is 0.854. The van der Waals surface area contributed by atoms with Crippen LogP contribution < -0.4 is 11.1 Å². The largest absolute Gasteiger partial charge is 0.456 e. The Morgan fingerprint density at radius 3 is 2.44 bits per heavy atom. The van der Waals surface area contributed by atoms with Gasteiger partial charge in [0, 0.05) is 17.6 Å². The molecule has 4 nitrogen and oxygen atoms in total. The van der Waals surface area contributed by atoms with Gasteiger partial charge in [-0.15, -0.1) is 12.4 Å². The van der Waals surface area contributed by atoms with Crippen LogP contribution in [0.1, 0.15) is 35.7 Å². The molecule has 0 radical (unpaired) electrons. The average Bonchev–Trinajstić information content (AvgIpc) is 2.45. The fourth-order valence-corrected chi connectivity index (χ4v) is 1.28. The lowest BCUT2D eigenvalue weighted by Gasteiger charge is -2.23. The number of nitrogens with two attached hydrogens (primary N) is 1. The SMILES string of the molecule is Cc1cc(C)c(C(=O)NC(C)(C)CN)o1.Cl. The highest BCUT2D eigenvalue weighted by molar-refractivity contribution is 5.93. The minimum atomic E-state index is -0.412. The van der Waals surface area contributed by atoms with Crippen LogP contribution in [0.15, 0.2) is 10.5 Å². The summed E-state index contributed by atoms with van der Waals surface area (Å²) in [4.78, 5) is 11.8. The van der Waals surface area contributed by atoms with Crippen LogP contribution in [0.2, 0.25) is 0 Å². The summed E-state index contributed by atoms with van der Waals surface area (Å²) in [6.07, 6.45) is 0. The van der Waals surface area contributed by atoms with Crippen molar-refractivity contribution in [1.29, 1.82) is 0 Å². The Hall–Kier alpha value is -1.00. The molecular formula is C11H19ClN2O2. The molecule has 16 heavy (non-hydrogen) atoms. The Balaban J connectivity index is 0.00000225. The van der Waals surface area contributed by atoms with Gasteiger partial charge in [-0.2, -0.15) is 0 Å². The molecule has 1 aromatic heterocycles. The minimum Gasteiger partial charge on any atom is -0.456 e. The van der Waals surface area contributed by atoms with Crippen molar-refractivity contribution >= 4 is 18.3 Å². The van der Waals surface area contributed by atoms with E-state index < -0.39 is 5.54 Å². The van der Waals surface area contributed by atoms with Crippen molar-refractivity contribution in [2.75, 3.05) is 6.54 Å². The maximum atomic E-state index is 11.8. The van der Waals surface area contributed by atoms with Crippen LogP contribution in [0.3, 0.4) is 0 Å². The summed E-state index contributed by atoms with van der Waals surface area (Å²) in [7, 11) is 0. The number of hydrogen-bond donors (Lipinski definition) is 2. The summed E-state index contributed by atoms with van der Waals surface area (Å²) in [6, 6.07) is 1.84. The van der Waals surface area contributed by atoms with Crippen molar-refractivity contribution in [3.63, 3.8) is 0 Å². The number of amides is 1. The van der Waals surface area contributed by atoms with Gasteiger partial charge in [-0.1, -0.05) is 0 Å². The lowest BCUT2D eigenvalue weighted by Crippen LogP contribution is -2.48. The number of rotatable bonds is 3. The van der Waals surface area contributed by atoms with Gasteiger partial charge in [-0.25, -0.2) is 0 Å². The summed E-state index contributed by atoms with van der Waals surface area (Å²) in [6.45, 7) is 7.79. The molecule has 0 atom stereocenters. The molecular weight excluding hydrogens is 228 g/mol. The van der Waals surface area contributed by atoms with E-state index in [4.69, 9.17) is 10.2 Å². The van der Waals surface area contributed by atoms with Crippen LogP contribution in [0, 0.1) is 13.8 Å². The van der Waals surface area contributed by atoms with Crippen molar-refractivity contribution < 1.29 is 9.21 Å². The Kier molecular flexibility index (Phi) is 5.03. The predicted octanol–water partition coefficient (Wildman–Crippen LogP) is 1.79. The summed E-state index contributed by atoms with van der Waals surface area (Å²) >= 11 is 0. The van der Waals surface area contributed by atoms with Gasteiger partial charge in [0.05, 0.1) is 0 Å². The zero-order valence-electron chi connectivity index (χ0n) is 10.1. The number of aryl methyl sites for hydroxylation is 2. The van der Waals surface area contributed by atoms with Crippen molar-refractivity contribution in [2.45, 2.75) is 33.2 Å². The molecule has 1 rings (SSSR count). The Bertz CT molecular complexity index is 372. The Labute approximate surface area is 102 Å². The fourth-order valence-electron chi connectivity index (χ4n) is 1.28. The first kappa shape index (κ1) is 15.0. The molecule has 0 saturated heterocycles. The van der Waals surface area contributed by atoms with Gasteiger partial charge in [-0.3, -0.25) is 4.79 Å². The van der Waals surface area contributed by atoms with Crippen molar-refractivity contribution in [3.05, 3.63) is 23.2 Å². The minimum absolute atomic E-state index is 0. The Morgan fingerprint density at radius 1 is 1.50 bits per heavy atom. The number of halogens is 1. The third kappa shape index (κ3) is 3.54. The first-order chi connectivity index (χ1) is 6.85. The van der Waals surface area contributed by atoms with E-state index in [1.54, 1.807) is 0 Å². The monoisotopic (exact) mass is 246 g/mol. The highest BCUT2D eigenvalue weighted by Crippen LogP contribution is 2.14. The first-order valence-electron chi connectivity index (χ1n) is 4.95. The number of furan rings is 1. The van der Waals surface area contributed by atoms with Gasteiger partial charge in [-0.05, 0) is 33.8 Å². The highest BCUT2D eigenvalue weighted by Gasteiger charge is 2.22. The lowest BCUT2D eigenvalue weighted by molar-refractivity contribution is 0.0885. The molecule has 0 aliphatic heterocycles. The number of nitrogens with one attached hydrogen (secondary N) is 1. The molecule has 0 unspecified atom stereocenters. The molecule has 5 heteroatoms. The van der Waals surface area contributed by atoms with E-state index in [0.717, 1.165) is 11.3 Å². The van der Waals surface area contributed by atoms with Crippen molar-refractivity contribution in [2.24, 2.45) is 5.73 Å². The molecule has 1 aromatic rings. The molecule has 0 aromatic carbocycles. The molecule has 0 saturated carbocycles. The second-order valence-corrected chi connectivity index (χ2v) is 4.41. The molecule has 1 heterocycles. The van der Waals surface area contributed by atoms with Crippen LogP contribution in [0.5, 0.6) is 0 Å². The van der Waals surface area contributed by atoms with Crippen molar-refractivity contribution in [3.8, 4) is 0 Å². The highest BCUT2D eigenvalue weighted by atomic mass is 35.5. The summed E-state index contributed by atoms with van der Waals surface area (Å²) in [5.74, 6) is 0.897. The molecule has 0 fully saturated rings. The van der Waals surface area contributed by atoms with Gasteiger partial charge in [0.15, 0.2) is 5.76 Å². The molecule has 1 amide bonds. The molecule has 0 spiro atoms. The molecule has 3 N–H and O–H groups in total. The summed E-state index contributed by atoms with van der Waals surface area (Å²) in [5, 5.41) is 2.82. The topological polar surface area (TPSA) is 68.3 Å². The van der Waals surface area contributed by atoms with Gasteiger partial charge in [0.2, 0.25) is 0 Å². The van der Waals surface area contributed by atoms with Gasteiger partial charge < -0.3 is 15.5 Å². The third-order valence-corrected chi connectivity index (χ3v) is 2.21. The first-order valence-corrected chi connectivity index (χ1v) is 4.95. The molecule has 0 bridgehead atoms. The molecule has 0 aliphatic rings. The summed E-state index contributed by atoms with van der Waals surface area (Å²) in [5.41, 5.74) is 5.96. The van der Waals surface area contributed by atoms with E-state index in [-0.39, 0.29) is 18.3 Å². The van der Waals surface area contributed by atoms with Gasteiger partial charge in [0.1, 0.15) is 5.76 Å². The van der Waals surface area contributed by atoms with E-state index in [9.17, 15) is 4.79 Å². The Morgan fingerprint density at radius 2 is 2.06 bits per heavy atom. The third-order valence-electron chi connectivity index (χ3n) is 2.21. The smallest absolute Gasteiger partial charge is 0.287 e. The van der Waals surface area contributed by atoms with Crippen LogP contribution >= 0.6 is 12.4 Å². The van der Waals surface area contributed by atoms with E-state index in [2.05, 4.69) is 5.32 Å². The van der Waals surface area contributed by atoms with Crippen LogP contribution in [0.25, 0.3) is 0 Å². The number of hydrogen-bond acceptors (Lipinski definition) is 3. The normalized spacial score (nSPS) is 10.8. The van der Waals surface area contributed by atoms with E-state index in [1.165, 1.54) is 0 Å². The van der Waals surface area contributed by atoms with Crippen molar-refractivity contribution in [1.82, 2.24) is 5.32 Å².